The predicted octanol–water partition coefficient (Wildman–Crippen LogP) is 5.28. The zero-order chi connectivity index (χ0) is 11.2. The van der Waals surface area contributed by atoms with Gasteiger partial charge in [0.15, 0.2) is 0 Å². The first kappa shape index (κ1) is 14.0. The second-order valence-electron chi connectivity index (χ2n) is 5.83. The largest absolute Gasteiger partial charge is 0.0654 e. The Morgan fingerprint density at radius 1 is 0.929 bits per heavy atom. The molecule has 0 nitrogen and oxygen atoms in total. The van der Waals surface area contributed by atoms with Gasteiger partial charge in [-0.05, 0) is 23.7 Å². The number of hydrogen-bond acceptors (Lipinski definition) is 0. The molecule has 0 aromatic heterocycles. The van der Waals surface area contributed by atoms with Crippen LogP contribution < -0.4 is 0 Å². The van der Waals surface area contributed by atoms with Crippen LogP contribution in [0, 0.1) is 17.3 Å². The van der Waals surface area contributed by atoms with E-state index in [2.05, 4.69) is 41.5 Å². The highest BCUT2D eigenvalue weighted by Crippen LogP contribution is 2.36. The molecule has 0 saturated carbocycles. The normalized spacial score (nSPS) is 14.8. The highest BCUT2D eigenvalue weighted by atomic mass is 14.3. The molecule has 0 aliphatic rings. The molecule has 0 aromatic carbocycles. The second-order valence-corrected chi connectivity index (χ2v) is 5.83. The highest BCUT2D eigenvalue weighted by molar-refractivity contribution is 4.77. The fourth-order valence-electron chi connectivity index (χ4n) is 2.14. The molecule has 0 bridgehead atoms. The summed E-state index contributed by atoms with van der Waals surface area (Å²) in [5.74, 6) is 1.65. The van der Waals surface area contributed by atoms with Gasteiger partial charge in [-0.1, -0.05) is 67.2 Å². The molecule has 14 heavy (non-hydrogen) atoms. The summed E-state index contributed by atoms with van der Waals surface area (Å²) in [6.07, 6.45) is 6.99. The van der Waals surface area contributed by atoms with Gasteiger partial charge < -0.3 is 0 Å². The lowest BCUT2D eigenvalue weighted by atomic mass is 9.71. The van der Waals surface area contributed by atoms with E-state index >= 15 is 0 Å². The van der Waals surface area contributed by atoms with Crippen LogP contribution in [0.1, 0.15) is 73.6 Å². The topological polar surface area (TPSA) is 0 Å². The lowest BCUT2D eigenvalue weighted by Gasteiger charge is -2.34. The molecular weight excluding hydrogens is 168 g/mol. The molecule has 0 radical (unpaired) electrons. The van der Waals surface area contributed by atoms with Crippen molar-refractivity contribution in [2.24, 2.45) is 17.3 Å². The second kappa shape index (κ2) is 6.48. The van der Waals surface area contributed by atoms with Gasteiger partial charge in [-0.15, -0.1) is 0 Å². The van der Waals surface area contributed by atoms with Gasteiger partial charge in [0, 0.05) is 0 Å². The molecular formula is C14H30. The minimum absolute atomic E-state index is 0.530. The Labute approximate surface area is 91.5 Å². The summed E-state index contributed by atoms with van der Waals surface area (Å²) < 4.78 is 0. The van der Waals surface area contributed by atoms with Gasteiger partial charge in [-0.25, -0.2) is 0 Å². The van der Waals surface area contributed by atoms with Crippen LogP contribution in [0.4, 0.5) is 0 Å². The minimum Gasteiger partial charge on any atom is -0.0654 e. The fourth-order valence-corrected chi connectivity index (χ4v) is 2.14. The predicted molar refractivity (Wildman–Crippen MR) is 66.5 cm³/mol. The molecule has 0 aromatic rings. The van der Waals surface area contributed by atoms with Crippen LogP contribution in [-0.4, -0.2) is 0 Å². The van der Waals surface area contributed by atoms with E-state index in [0.29, 0.717) is 5.41 Å². The number of unbranched alkanes of at least 4 members (excludes halogenated alkanes) is 3. The number of rotatable bonds is 7. The van der Waals surface area contributed by atoms with Crippen LogP contribution in [0.5, 0.6) is 0 Å². The average Bonchev–Trinajstić information content (AvgIpc) is 2.11. The van der Waals surface area contributed by atoms with Crippen molar-refractivity contribution >= 4 is 0 Å². The van der Waals surface area contributed by atoms with E-state index in [-0.39, 0.29) is 0 Å². The molecule has 0 spiro atoms. The summed E-state index contributed by atoms with van der Waals surface area (Å²) in [6, 6.07) is 0. The SMILES string of the molecule is CCCCCCC(C)(C)C(C)C(C)C. The lowest BCUT2D eigenvalue weighted by molar-refractivity contribution is 0.156. The zero-order valence-electron chi connectivity index (χ0n) is 11.2. The molecule has 0 rings (SSSR count). The summed E-state index contributed by atoms with van der Waals surface area (Å²) >= 11 is 0. The van der Waals surface area contributed by atoms with Crippen molar-refractivity contribution in [3.8, 4) is 0 Å². The number of hydrogen-bond donors (Lipinski definition) is 0. The van der Waals surface area contributed by atoms with E-state index in [1.165, 1.54) is 32.1 Å². The molecule has 0 saturated heterocycles. The van der Waals surface area contributed by atoms with E-state index in [4.69, 9.17) is 0 Å². The van der Waals surface area contributed by atoms with E-state index in [9.17, 15) is 0 Å². The average molecular weight is 198 g/mol. The van der Waals surface area contributed by atoms with Crippen molar-refractivity contribution in [2.75, 3.05) is 0 Å². The Bertz CT molecular complexity index is 133. The van der Waals surface area contributed by atoms with Crippen LogP contribution in [-0.2, 0) is 0 Å². The van der Waals surface area contributed by atoms with Crippen LogP contribution >= 0.6 is 0 Å². The maximum absolute atomic E-state index is 2.43. The van der Waals surface area contributed by atoms with Crippen molar-refractivity contribution in [3.05, 3.63) is 0 Å². The van der Waals surface area contributed by atoms with Gasteiger partial charge in [-0.2, -0.15) is 0 Å². The molecule has 0 aliphatic heterocycles. The molecule has 86 valence electrons. The van der Waals surface area contributed by atoms with Crippen LogP contribution in [0.15, 0.2) is 0 Å². The van der Waals surface area contributed by atoms with E-state index in [1.54, 1.807) is 0 Å². The Kier molecular flexibility index (Phi) is 6.48. The van der Waals surface area contributed by atoms with Gasteiger partial charge in [-0.3, -0.25) is 0 Å². The van der Waals surface area contributed by atoms with Crippen molar-refractivity contribution in [2.45, 2.75) is 73.6 Å². The Morgan fingerprint density at radius 2 is 1.50 bits per heavy atom. The monoisotopic (exact) mass is 198 g/mol. The minimum atomic E-state index is 0.530. The first-order chi connectivity index (χ1) is 6.41. The Hall–Kier alpha value is 0. The van der Waals surface area contributed by atoms with E-state index < -0.39 is 0 Å². The molecule has 0 aliphatic carbocycles. The van der Waals surface area contributed by atoms with Crippen molar-refractivity contribution in [1.29, 1.82) is 0 Å². The Balaban J connectivity index is 3.82. The fraction of sp³-hybridized carbons (Fsp3) is 1.00. The first-order valence-electron chi connectivity index (χ1n) is 6.41. The molecule has 0 fully saturated rings. The van der Waals surface area contributed by atoms with Crippen molar-refractivity contribution in [3.63, 3.8) is 0 Å². The molecule has 0 heterocycles. The van der Waals surface area contributed by atoms with Crippen LogP contribution in [0.2, 0.25) is 0 Å². The summed E-state index contributed by atoms with van der Waals surface area (Å²) in [4.78, 5) is 0. The van der Waals surface area contributed by atoms with Crippen molar-refractivity contribution < 1.29 is 0 Å². The maximum Gasteiger partial charge on any atom is -0.0326 e. The maximum atomic E-state index is 2.43. The van der Waals surface area contributed by atoms with Crippen LogP contribution in [0.3, 0.4) is 0 Å². The lowest BCUT2D eigenvalue weighted by Crippen LogP contribution is -2.25. The summed E-state index contributed by atoms with van der Waals surface area (Å²) in [5, 5.41) is 0. The third kappa shape index (κ3) is 5.02. The molecule has 0 amide bonds. The summed E-state index contributed by atoms with van der Waals surface area (Å²) in [6.45, 7) is 14.2. The third-order valence-corrected chi connectivity index (χ3v) is 3.91. The third-order valence-electron chi connectivity index (χ3n) is 3.91. The van der Waals surface area contributed by atoms with Gasteiger partial charge in [0.25, 0.3) is 0 Å². The Morgan fingerprint density at radius 3 is 1.93 bits per heavy atom. The zero-order valence-corrected chi connectivity index (χ0v) is 11.2. The molecule has 0 heteroatoms. The van der Waals surface area contributed by atoms with Crippen LogP contribution in [0.25, 0.3) is 0 Å². The highest BCUT2D eigenvalue weighted by Gasteiger charge is 2.27. The van der Waals surface area contributed by atoms with Gasteiger partial charge in [0.2, 0.25) is 0 Å². The molecule has 1 atom stereocenters. The van der Waals surface area contributed by atoms with Gasteiger partial charge in [0.1, 0.15) is 0 Å². The quantitative estimate of drug-likeness (QED) is 0.488. The van der Waals surface area contributed by atoms with E-state index in [1.807, 2.05) is 0 Å². The summed E-state index contributed by atoms with van der Waals surface area (Å²) in [7, 11) is 0. The van der Waals surface area contributed by atoms with Gasteiger partial charge in [0.05, 0.1) is 0 Å². The standard InChI is InChI=1S/C14H30/c1-7-8-9-10-11-14(5,6)13(4)12(2)3/h12-13H,7-11H2,1-6H3. The first-order valence-corrected chi connectivity index (χ1v) is 6.41. The van der Waals surface area contributed by atoms with Crippen molar-refractivity contribution in [1.82, 2.24) is 0 Å². The summed E-state index contributed by atoms with van der Waals surface area (Å²) in [5.41, 5.74) is 0.530. The van der Waals surface area contributed by atoms with Gasteiger partial charge >= 0.3 is 0 Å². The van der Waals surface area contributed by atoms with E-state index in [0.717, 1.165) is 11.8 Å². The molecule has 0 N–H and O–H groups in total. The smallest absolute Gasteiger partial charge is 0.0326 e. The molecule has 1 unspecified atom stereocenters.